The summed E-state index contributed by atoms with van der Waals surface area (Å²) < 4.78 is 10.4. The molecule has 0 aliphatic rings. The minimum absolute atomic E-state index is 0.00523. The zero-order valence-corrected chi connectivity index (χ0v) is 16.4. The first kappa shape index (κ1) is 22.6. The number of hydrogen-bond donors (Lipinski definition) is 2. The van der Waals surface area contributed by atoms with Gasteiger partial charge in [0.1, 0.15) is 0 Å². The fourth-order valence-electron chi connectivity index (χ4n) is 2.62. The molecule has 0 saturated carbocycles. The lowest BCUT2D eigenvalue weighted by molar-refractivity contribution is 0.0424. The van der Waals surface area contributed by atoms with Crippen molar-refractivity contribution in [2.75, 3.05) is 13.2 Å². The lowest BCUT2D eigenvalue weighted by atomic mass is 10.1. The molecule has 0 spiro atoms. The van der Waals surface area contributed by atoms with E-state index in [9.17, 15) is 19.2 Å². The Morgan fingerprint density at radius 2 is 1.27 bits per heavy atom. The van der Waals surface area contributed by atoms with Crippen LogP contribution in [-0.4, -0.2) is 47.3 Å². The summed E-state index contributed by atoms with van der Waals surface area (Å²) in [5, 5.41) is 17.9. The van der Waals surface area contributed by atoms with Crippen LogP contribution in [0.1, 0.15) is 61.2 Å². The predicted molar refractivity (Wildman–Crippen MR) is 106 cm³/mol. The number of ether oxygens (including phenoxy) is 2. The molecule has 0 bridgehead atoms. The topological polar surface area (TPSA) is 127 Å². The van der Waals surface area contributed by atoms with Gasteiger partial charge in [-0.3, -0.25) is 0 Å². The minimum Gasteiger partial charge on any atom is -0.478 e. The van der Waals surface area contributed by atoms with Crippen LogP contribution in [0.25, 0.3) is 0 Å². The van der Waals surface area contributed by atoms with E-state index in [2.05, 4.69) is 0 Å². The van der Waals surface area contributed by atoms with E-state index in [0.717, 1.165) is 0 Å². The largest absolute Gasteiger partial charge is 0.478 e. The van der Waals surface area contributed by atoms with Crippen molar-refractivity contribution in [1.29, 1.82) is 0 Å². The summed E-state index contributed by atoms with van der Waals surface area (Å²) >= 11 is 0. The summed E-state index contributed by atoms with van der Waals surface area (Å²) in [6.45, 7) is 2.17. The van der Waals surface area contributed by atoms with Crippen LogP contribution in [0.3, 0.4) is 0 Å². The van der Waals surface area contributed by atoms with Gasteiger partial charge < -0.3 is 19.7 Å². The number of aromatic carboxylic acids is 2. The van der Waals surface area contributed by atoms with Gasteiger partial charge in [0.25, 0.3) is 0 Å². The Morgan fingerprint density at radius 3 is 1.77 bits per heavy atom. The van der Waals surface area contributed by atoms with Crippen LogP contribution in [0.4, 0.5) is 0 Å². The predicted octanol–water partition coefficient (Wildman–Crippen LogP) is 3.51. The van der Waals surface area contributed by atoms with Crippen LogP contribution < -0.4 is 0 Å². The van der Waals surface area contributed by atoms with Crippen LogP contribution in [-0.2, 0) is 9.47 Å². The Balaban J connectivity index is 1.71. The fourth-order valence-corrected chi connectivity index (χ4v) is 2.62. The van der Waals surface area contributed by atoms with Crippen LogP contribution in [0.5, 0.6) is 0 Å². The van der Waals surface area contributed by atoms with Gasteiger partial charge in [-0.2, -0.15) is 0 Å². The lowest BCUT2D eigenvalue weighted by Gasteiger charge is -2.12. The molecule has 0 radical (unpaired) electrons. The van der Waals surface area contributed by atoms with Crippen LogP contribution in [0.2, 0.25) is 0 Å². The molecule has 158 valence electrons. The Labute approximate surface area is 173 Å². The van der Waals surface area contributed by atoms with Crippen LogP contribution in [0.15, 0.2) is 48.5 Å². The van der Waals surface area contributed by atoms with Crippen molar-refractivity contribution in [2.45, 2.75) is 19.8 Å². The summed E-state index contributed by atoms with van der Waals surface area (Å²) in [5.74, 6) is -3.44. The molecule has 2 aromatic rings. The molecule has 2 aromatic carbocycles. The van der Waals surface area contributed by atoms with Gasteiger partial charge in [0.15, 0.2) is 0 Å². The average Bonchev–Trinajstić information content (AvgIpc) is 2.74. The Bertz CT molecular complexity index is 934. The molecular formula is C22H22O8. The van der Waals surface area contributed by atoms with Crippen molar-refractivity contribution in [1.82, 2.24) is 0 Å². The number of carboxylic acid groups (broad SMARTS) is 2. The first-order chi connectivity index (χ1) is 14.3. The van der Waals surface area contributed by atoms with Crippen molar-refractivity contribution >= 4 is 23.9 Å². The second kappa shape index (κ2) is 10.8. The maximum Gasteiger partial charge on any atom is 0.338 e. The summed E-state index contributed by atoms with van der Waals surface area (Å²) in [5.41, 5.74) is 0.349. The SMILES string of the molecule is CC(CCCOC(=O)c1cccc(C(=O)O)c1)COC(=O)c1cccc(C(=O)O)c1. The van der Waals surface area contributed by atoms with Crippen molar-refractivity contribution in [3.63, 3.8) is 0 Å². The highest BCUT2D eigenvalue weighted by atomic mass is 16.5. The van der Waals surface area contributed by atoms with E-state index in [4.69, 9.17) is 19.7 Å². The van der Waals surface area contributed by atoms with Gasteiger partial charge in [-0.25, -0.2) is 19.2 Å². The number of esters is 2. The fraction of sp³-hybridized carbons (Fsp3) is 0.273. The maximum atomic E-state index is 12.0. The molecule has 0 fully saturated rings. The van der Waals surface area contributed by atoms with E-state index in [1.807, 2.05) is 6.92 Å². The van der Waals surface area contributed by atoms with Gasteiger partial charge in [-0.05, 0) is 55.2 Å². The molecular weight excluding hydrogens is 392 g/mol. The average molecular weight is 414 g/mol. The highest BCUT2D eigenvalue weighted by molar-refractivity contribution is 5.95. The van der Waals surface area contributed by atoms with Gasteiger partial charge in [0, 0.05) is 0 Å². The molecule has 0 aromatic heterocycles. The quantitative estimate of drug-likeness (QED) is 0.447. The van der Waals surface area contributed by atoms with Crippen molar-refractivity contribution in [3.05, 3.63) is 70.8 Å². The van der Waals surface area contributed by atoms with E-state index in [-0.39, 0.29) is 41.4 Å². The molecule has 2 N–H and O–H groups in total. The summed E-state index contributed by atoms with van der Waals surface area (Å²) in [7, 11) is 0. The molecule has 0 amide bonds. The molecule has 0 aliphatic carbocycles. The van der Waals surface area contributed by atoms with E-state index in [0.29, 0.717) is 12.8 Å². The van der Waals surface area contributed by atoms with Crippen LogP contribution in [0, 0.1) is 5.92 Å². The van der Waals surface area contributed by atoms with Gasteiger partial charge >= 0.3 is 23.9 Å². The number of hydrogen-bond acceptors (Lipinski definition) is 6. The highest BCUT2D eigenvalue weighted by Gasteiger charge is 2.14. The summed E-state index contributed by atoms with van der Waals surface area (Å²) in [6.07, 6.45) is 1.17. The standard InChI is InChI=1S/C22H22O8/c1-14(13-30-22(28)18-9-3-7-16(12-18)20(25)26)5-4-10-29-21(27)17-8-2-6-15(11-17)19(23)24/h2-3,6-9,11-12,14H,4-5,10,13H2,1H3,(H,23,24)(H,25,26). The number of benzene rings is 2. The van der Waals surface area contributed by atoms with Crippen molar-refractivity contribution < 1.29 is 38.9 Å². The Kier molecular flexibility index (Phi) is 8.10. The van der Waals surface area contributed by atoms with E-state index < -0.39 is 23.9 Å². The minimum atomic E-state index is -1.12. The van der Waals surface area contributed by atoms with Gasteiger partial charge in [0.2, 0.25) is 0 Å². The molecule has 2 rings (SSSR count). The molecule has 8 heteroatoms. The van der Waals surface area contributed by atoms with Gasteiger partial charge in [0.05, 0.1) is 35.5 Å². The molecule has 0 heterocycles. The molecule has 1 unspecified atom stereocenters. The third kappa shape index (κ3) is 6.73. The third-order valence-corrected chi connectivity index (χ3v) is 4.26. The number of carboxylic acids is 2. The lowest BCUT2D eigenvalue weighted by Crippen LogP contribution is -2.14. The molecule has 1 atom stereocenters. The highest BCUT2D eigenvalue weighted by Crippen LogP contribution is 2.12. The number of carbonyl (C=O) groups excluding carboxylic acids is 2. The number of carbonyl (C=O) groups is 4. The first-order valence-electron chi connectivity index (χ1n) is 9.29. The van der Waals surface area contributed by atoms with Crippen molar-refractivity contribution in [3.8, 4) is 0 Å². The van der Waals surface area contributed by atoms with E-state index in [1.165, 1.54) is 48.5 Å². The number of rotatable bonds is 10. The van der Waals surface area contributed by atoms with Gasteiger partial charge in [-0.15, -0.1) is 0 Å². The Morgan fingerprint density at radius 1 is 0.800 bits per heavy atom. The third-order valence-electron chi connectivity index (χ3n) is 4.26. The molecule has 30 heavy (non-hydrogen) atoms. The molecule has 0 aliphatic heterocycles. The second-order valence-electron chi connectivity index (χ2n) is 6.75. The molecule has 8 nitrogen and oxygen atoms in total. The first-order valence-corrected chi connectivity index (χ1v) is 9.29. The van der Waals surface area contributed by atoms with E-state index in [1.54, 1.807) is 0 Å². The molecule has 0 saturated heterocycles. The smallest absolute Gasteiger partial charge is 0.338 e. The zero-order chi connectivity index (χ0) is 22.1. The van der Waals surface area contributed by atoms with Crippen molar-refractivity contribution in [2.24, 2.45) is 5.92 Å². The zero-order valence-electron chi connectivity index (χ0n) is 16.4. The van der Waals surface area contributed by atoms with Crippen LogP contribution >= 0.6 is 0 Å². The summed E-state index contributed by atoms with van der Waals surface area (Å²) in [6, 6.07) is 11.2. The summed E-state index contributed by atoms with van der Waals surface area (Å²) in [4.78, 5) is 45.9. The second-order valence-corrected chi connectivity index (χ2v) is 6.75. The van der Waals surface area contributed by atoms with E-state index >= 15 is 0 Å². The van der Waals surface area contributed by atoms with Gasteiger partial charge in [-0.1, -0.05) is 19.1 Å². The maximum absolute atomic E-state index is 12.0. The monoisotopic (exact) mass is 414 g/mol. The Hall–Kier alpha value is -3.68. The normalized spacial score (nSPS) is 11.4.